The van der Waals surface area contributed by atoms with Crippen molar-refractivity contribution in [1.29, 1.82) is 0 Å². The third-order valence-corrected chi connectivity index (χ3v) is 2.98. The number of carbonyl (C=O) groups excluding carboxylic acids is 1. The first kappa shape index (κ1) is 9.93. The second-order valence-electron chi connectivity index (χ2n) is 4.19. The number of ether oxygens (including phenoxy) is 1. The number of hydrogen-bond donors (Lipinski definition) is 2. The number of rotatable bonds is 2. The standard InChI is InChI=1S/C10H17NO3/c12-7-5-9(11-6-7)10(13)14-8-3-1-2-4-8/h7-9,11-12H,1-6H2. The Kier molecular flexibility index (Phi) is 3.03. The van der Waals surface area contributed by atoms with Crippen LogP contribution in [-0.4, -0.2) is 35.9 Å². The molecule has 0 radical (unpaired) electrons. The molecule has 4 nitrogen and oxygen atoms in total. The van der Waals surface area contributed by atoms with Gasteiger partial charge in [-0.3, -0.25) is 4.79 Å². The van der Waals surface area contributed by atoms with Crippen LogP contribution in [-0.2, 0) is 9.53 Å². The van der Waals surface area contributed by atoms with Gasteiger partial charge in [-0.25, -0.2) is 0 Å². The van der Waals surface area contributed by atoms with Crippen molar-refractivity contribution in [1.82, 2.24) is 5.32 Å². The Balaban J connectivity index is 1.77. The van der Waals surface area contributed by atoms with Crippen molar-refractivity contribution in [2.24, 2.45) is 0 Å². The number of β-amino-alcohol motifs (C(OH)–C–C–N with tert-alkyl or cyclic N) is 1. The summed E-state index contributed by atoms with van der Waals surface area (Å²) >= 11 is 0. The van der Waals surface area contributed by atoms with Crippen molar-refractivity contribution in [3.8, 4) is 0 Å². The molecule has 1 saturated carbocycles. The molecule has 0 aromatic heterocycles. The van der Waals surface area contributed by atoms with E-state index in [2.05, 4.69) is 5.32 Å². The molecule has 2 rings (SSSR count). The first-order chi connectivity index (χ1) is 6.75. The van der Waals surface area contributed by atoms with Crippen LogP contribution in [0.1, 0.15) is 32.1 Å². The lowest BCUT2D eigenvalue weighted by Crippen LogP contribution is -2.34. The van der Waals surface area contributed by atoms with Crippen LogP contribution in [0.2, 0.25) is 0 Å². The van der Waals surface area contributed by atoms with E-state index < -0.39 is 6.10 Å². The lowest BCUT2D eigenvalue weighted by molar-refractivity contribution is -0.151. The average Bonchev–Trinajstić information content (AvgIpc) is 2.75. The predicted octanol–water partition coefficient (Wildman–Crippen LogP) is 0.195. The number of hydrogen-bond acceptors (Lipinski definition) is 4. The highest BCUT2D eigenvalue weighted by Crippen LogP contribution is 2.22. The molecule has 0 spiro atoms. The fourth-order valence-electron chi connectivity index (χ4n) is 2.15. The van der Waals surface area contributed by atoms with E-state index in [0.717, 1.165) is 12.8 Å². The summed E-state index contributed by atoms with van der Waals surface area (Å²) in [4.78, 5) is 11.6. The molecule has 1 heterocycles. The van der Waals surface area contributed by atoms with Gasteiger partial charge in [0.1, 0.15) is 12.1 Å². The van der Waals surface area contributed by atoms with Gasteiger partial charge in [-0.2, -0.15) is 0 Å². The van der Waals surface area contributed by atoms with Crippen LogP contribution in [0.4, 0.5) is 0 Å². The number of aliphatic hydroxyl groups is 1. The molecule has 2 N–H and O–H groups in total. The molecule has 0 aromatic rings. The third kappa shape index (κ3) is 2.25. The Bertz CT molecular complexity index is 213. The van der Waals surface area contributed by atoms with Gasteiger partial charge in [0.05, 0.1) is 6.10 Å². The summed E-state index contributed by atoms with van der Waals surface area (Å²) in [5.41, 5.74) is 0. The van der Waals surface area contributed by atoms with Gasteiger partial charge in [0, 0.05) is 13.0 Å². The Morgan fingerprint density at radius 3 is 2.64 bits per heavy atom. The number of esters is 1. The Labute approximate surface area is 83.6 Å². The minimum Gasteiger partial charge on any atom is -0.461 e. The van der Waals surface area contributed by atoms with E-state index in [1.165, 1.54) is 12.8 Å². The van der Waals surface area contributed by atoms with Crippen LogP contribution in [0.15, 0.2) is 0 Å². The van der Waals surface area contributed by atoms with E-state index >= 15 is 0 Å². The van der Waals surface area contributed by atoms with Crippen LogP contribution in [0.3, 0.4) is 0 Å². The van der Waals surface area contributed by atoms with E-state index in [1.54, 1.807) is 0 Å². The SMILES string of the molecule is O=C(OC1CCCC1)C1CC(O)CN1. The van der Waals surface area contributed by atoms with E-state index in [9.17, 15) is 9.90 Å². The summed E-state index contributed by atoms with van der Waals surface area (Å²) in [5.74, 6) is -0.187. The van der Waals surface area contributed by atoms with Gasteiger partial charge < -0.3 is 15.2 Å². The topological polar surface area (TPSA) is 58.6 Å². The normalized spacial score (nSPS) is 33.5. The zero-order chi connectivity index (χ0) is 9.97. The fraction of sp³-hybridized carbons (Fsp3) is 0.900. The predicted molar refractivity (Wildman–Crippen MR) is 50.8 cm³/mol. The van der Waals surface area contributed by atoms with Gasteiger partial charge in [-0.15, -0.1) is 0 Å². The summed E-state index contributed by atoms with van der Waals surface area (Å²) in [6, 6.07) is -0.286. The number of carbonyl (C=O) groups is 1. The number of nitrogens with one attached hydrogen (secondary N) is 1. The summed E-state index contributed by atoms with van der Waals surface area (Å²) in [5, 5.41) is 12.2. The minimum absolute atomic E-state index is 0.127. The average molecular weight is 199 g/mol. The monoisotopic (exact) mass is 199 g/mol. The summed E-state index contributed by atoms with van der Waals surface area (Å²) in [7, 11) is 0. The van der Waals surface area contributed by atoms with Crippen LogP contribution >= 0.6 is 0 Å². The maximum Gasteiger partial charge on any atom is 0.323 e. The molecule has 2 atom stereocenters. The fourth-order valence-corrected chi connectivity index (χ4v) is 2.15. The summed E-state index contributed by atoms with van der Waals surface area (Å²) in [6.45, 7) is 0.504. The van der Waals surface area contributed by atoms with Gasteiger partial charge >= 0.3 is 5.97 Å². The van der Waals surface area contributed by atoms with E-state index in [0.29, 0.717) is 13.0 Å². The molecule has 2 fully saturated rings. The molecule has 0 amide bonds. The largest absolute Gasteiger partial charge is 0.461 e. The van der Waals surface area contributed by atoms with Crippen molar-refractivity contribution < 1.29 is 14.6 Å². The van der Waals surface area contributed by atoms with Gasteiger partial charge in [0.2, 0.25) is 0 Å². The first-order valence-corrected chi connectivity index (χ1v) is 5.37. The van der Waals surface area contributed by atoms with Gasteiger partial charge in [-0.05, 0) is 25.7 Å². The molecule has 1 aliphatic carbocycles. The zero-order valence-corrected chi connectivity index (χ0v) is 8.24. The van der Waals surface area contributed by atoms with E-state index in [4.69, 9.17) is 4.74 Å². The summed E-state index contributed by atoms with van der Waals surface area (Å²) in [6.07, 6.45) is 4.56. The summed E-state index contributed by atoms with van der Waals surface area (Å²) < 4.78 is 5.33. The lowest BCUT2D eigenvalue weighted by atomic mass is 10.2. The van der Waals surface area contributed by atoms with Crippen molar-refractivity contribution in [3.05, 3.63) is 0 Å². The van der Waals surface area contributed by atoms with Crippen molar-refractivity contribution >= 4 is 5.97 Å². The second-order valence-corrected chi connectivity index (χ2v) is 4.19. The molecule has 0 aromatic carbocycles. The highest BCUT2D eigenvalue weighted by atomic mass is 16.5. The lowest BCUT2D eigenvalue weighted by Gasteiger charge is -2.14. The Morgan fingerprint density at radius 1 is 1.36 bits per heavy atom. The van der Waals surface area contributed by atoms with Gasteiger partial charge in [-0.1, -0.05) is 0 Å². The highest BCUT2D eigenvalue weighted by molar-refractivity contribution is 5.76. The molecule has 0 bridgehead atoms. The van der Waals surface area contributed by atoms with E-state index in [1.807, 2.05) is 0 Å². The Morgan fingerprint density at radius 2 is 2.07 bits per heavy atom. The van der Waals surface area contributed by atoms with Crippen molar-refractivity contribution in [3.63, 3.8) is 0 Å². The van der Waals surface area contributed by atoms with Crippen LogP contribution in [0.25, 0.3) is 0 Å². The quantitative estimate of drug-likeness (QED) is 0.623. The molecular weight excluding hydrogens is 182 g/mol. The van der Waals surface area contributed by atoms with Crippen LogP contribution in [0.5, 0.6) is 0 Å². The maximum atomic E-state index is 11.6. The molecule has 14 heavy (non-hydrogen) atoms. The molecule has 1 aliphatic heterocycles. The van der Waals surface area contributed by atoms with E-state index in [-0.39, 0.29) is 18.1 Å². The Hall–Kier alpha value is -0.610. The van der Waals surface area contributed by atoms with Crippen molar-refractivity contribution in [2.45, 2.75) is 50.4 Å². The van der Waals surface area contributed by atoms with Gasteiger partial charge in [0.15, 0.2) is 0 Å². The smallest absolute Gasteiger partial charge is 0.323 e. The molecule has 2 aliphatic rings. The van der Waals surface area contributed by atoms with Crippen molar-refractivity contribution in [2.75, 3.05) is 6.54 Å². The third-order valence-electron chi connectivity index (χ3n) is 2.98. The van der Waals surface area contributed by atoms with Crippen LogP contribution < -0.4 is 5.32 Å². The van der Waals surface area contributed by atoms with Gasteiger partial charge in [0.25, 0.3) is 0 Å². The minimum atomic E-state index is -0.392. The molecule has 4 heteroatoms. The second kappa shape index (κ2) is 4.28. The molecule has 2 unspecified atom stereocenters. The maximum absolute atomic E-state index is 11.6. The highest BCUT2D eigenvalue weighted by Gasteiger charge is 2.31. The molecular formula is C10H17NO3. The molecule has 80 valence electrons. The number of aliphatic hydroxyl groups excluding tert-OH is 1. The zero-order valence-electron chi connectivity index (χ0n) is 8.24. The van der Waals surface area contributed by atoms with Crippen LogP contribution in [0, 0.1) is 0 Å². The molecule has 1 saturated heterocycles. The first-order valence-electron chi connectivity index (χ1n) is 5.37.